The van der Waals surface area contributed by atoms with Crippen molar-refractivity contribution in [3.05, 3.63) is 56.9 Å². The molecule has 0 radical (unpaired) electrons. The molecule has 0 unspecified atom stereocenters. The van der Waals surface area contributed by atoms with Crippen LogP contribution in [0.4, 0.5) is 5.69 Å². The van der Waals surface area contributed by atoms with E-state index < -0.39 is 10.0 Å². The summed E-state index contributed by atoms with van der Waals surface area (Å²) in [7, 11) is -3.74. The molecule has 0 saturated heterocycles. The van der Waals surface area contributed by atoms with Crippen molar-refractivity contribution in [2.75, 3.05) is 4.72 Å². The average Bonchev–Trinajstić information content (AvgIpc) is 2.75. The van der Waals surface area contributed by atoms with E-state index in [1.165, 1.54) is 12.1 Å². The number of sulfonamides is 1. The largest absolute Gasteiger partial charge is 0.323 e. The second-order valence-electron chi connectivity index (χ2n) is 4.91. The van der Waals surface area contributed by atoms with Crippen LogP contribution in [-0.4, -0.2) is 18.4 Å². The lowest BCUT2D eigenvalue weighted by Gasteiger charge is -2.09. The normalized spacial score (nSPS) is 11.7. The summed E-state index contributed by atoms with van der Waals surface area (Å²) >= 11 is 3.33. The lowest BCUT2D eigenvalue weighted by Crippen LogP contribution is -2.13. The Bertz CT molecular complexity index is 1000. The van der Waals surface area contributed by atoms with Gasteiger partial charge in [0.2, 0.25) is 0 Å². The van der Waals surface area contributed by atoms with Gasteiger partial charge in [-0.25, -0.2) is 13.2 Å². The van der Waals surface area contributed by atoms with E-state index in [1.54, 1.807) is 18.2 Å². The highest BCUT2D eigenvalue weighted by Gasteiger charge is 2.15. The molecule has 0 aliphatic heterocycles. The van der Waals surface area contributed by atoms with Gasteiger partial charge in [0, 0.05) is 4.47 Å². The Balaban J connectivity index is 2.01. The predicted molar refractivity (Wildman–Crippen MR) is 88.6 cm³/mol. The van der Waals surface area contributed by atoms with E-state index in [2.05, 4.69) is 30.6 Å². The van der Waals surface area contributed by atoms with Crippen LogP contribution in [0.2, 0.25) is 0 Å². The van der Waals surface area contributed by atoms with Crippen molar-refractivity contribution in [1.29, 1.82) is 0 Å². The van der Waals surface area contributed by atoms with Crippen LogP contribution in [-0.2, 0) is 10.0 Å². The Morgan fingerprint density at radius 1 is 1.05 bits per heavy atom. The highest BCUT2D eigenvalue weighted by atomic mass is 79.9. The van der Waals surface area contributed by atoms with Gasteiger partial charge in [-0.15, -0.1) is 0 Å². The van der Waals surface area contributed by atoms with E-state index in [0.717, 1.165) is 10.0 Å². The summed E-state index contributed by atoms with van der Waals surface area (Å²) < 4.78 is 28.2. The number of anilines is 1. The van der Waals surface area contributed by atoms with Crippen molar-refractivity contribution in [1.82, 2.24) is 9.97 Å². The third kappa shape index (κ3) is 2.93. The number of halogens is 1. The Morgan fingerprint density at radius 3 is 2.50 bits per heavy atom. The summed E-state index contributed by atoms with van der Waals surface area (Å²) in [6.07, 6.45) is 0. The van der Waals surface area contributed by atoms with E-state index in [4.69, 9.17) is 0 Å². The van der Waals surface area contributed by atoms with Crippen molar-refractivity contribution >= 4 is 42.7 Å². The van der Waals surface area contributed by atoms with Gasteiger partial charge in [-0.2, -0.15) is 0 Å². The molecule has 8 heteroatoms. The highest BCUT2D eigenvalue weighted by Crippen LogP contribution is 2.23. The fraction of sp³-hybridized carbons (Fsp3) is 0.0714. The average molecular weight is 382 g/mol. The highest BCUT2D eigenvalue weighted by molar-refractivity contribution is 9.10. The number of aryl methyl sites for hydroxylation is 1. The first-order valence-electron chi connectivity index (χ1n) is 6.35. The van der Waals surface area contributed by atoms with Crippen molar-refractivity contribution in [2.24, 2.45) is 0 Å². The molecular formula is C14H12BrN3O3S. The standard InChI is InChI=1S/C14H12BrN3O3S/c1-8-4-9(15)6-10(5-8)18-22(20,21)11-2-3-12-13(7-11)17-14(19)16-12/h2-7,18H,1H3,(H2,16,17,19). The van der Waals surface area contributed by atoms with E-state index in [0.29, 0.717) is 16.7 Å². The van der Waals surface area contributed by atoms with Gasteiger partial charge in [0.1, 0.15) is 0 Å². The second-order valence-corrected chi connectivity index (χ2v) is 7.51. The third-order valence-electron chi connectivity index (χ3n) is 3.09. The minimum absolute atomic E-state index is 0.0767. The van der Waals surface area contributed by atoms with Gasteiger partial charge in [0.25, 0.3) is 10.0 Å². The minimum Gasteiger partial charge on any atom is -0.306 e. The van der Waals surface area contributed by atoms with Crippen LogP contribution in [0.3, 0.4) is 0 Å². The molecule has 3 aromatic rings. The molecule has 0 aliphatic carbocycles. The molecule has 0 fully saturated rings. The molecular weight excluding hydrogens is 370 g/mol. The smallest absolute Gasteiger partial charge is 0.306 e. The van der Waals surface area contributed by atoms with E-state index in [1.807, 2.05) is 13.0 Å². The number of fused-ring (bicyclic) bond motifs is 1. The summed E-state index contributed by atoms with van der Waals surface area (Å²) in [4.78, 5) is 16.4. The van der Waals surface area contributed by atoms with Crippen LogP contribution >= 0.6 is 15.9 Å². The van der Waals surface area contributed by atoms with Gasteiger partial charge < -0.3 is 9.97 Å². The number of aromatic nitrogens is 2. The van der Waals surface area contributed by atoms with Gasteiger partial charge in [-0.3, -0.25) is 4.72 Å². The number of H-pyrrole nitrogens is 2. The van der Waals surface area contributed by atoms with Crippen molar-refractivity contribution in [2.45, 2.75) is 11.8 Å². The van der Waals surface area contributed by atoms with Crippen molar-refractivity contribution < 1.29 is 8.42 Å². The molecule has 114 valence electrons. The van der Waals surface area contributed by atoms with Gasteiger partial charge in [-0.05, 0) is 48.9 Å². The third-order valence-corrected chi connectivity index (χ3v) is 4.93. The van der Waals surface area contributed by atoms with E-state index in [-0.39, 0.29) is 10.6 Å². The fourth-order valence-corrected chi connectivity index (χ4v) is 3.86. The van der Waals surface area contributed by atoms with Gasteiger partial charge in [0.15, 0.2) is 0 Å². The number of hydrogen-bond acceptors (Lipinski definition) is 3. The number of nitrogens with one attached hydrogen (secondary N) is 3. The molecule has 0 aliphatic rings. The quantitative estimate of drug-likeness (QED) is 0.650. The zero-order chi connectivity index (χ0) is 15.9. The minimum atomic E-state index is -3.74. The number of imidazole rings is 1. The lowest BCUT2D eigenvalue weighted by atomic mass is 10.2. The second kappa shape index (κ2) is 5.29. The first-order chi connectivity index (χ1) is 10.3. The molecule has 1 aromatic heterocycles. The first-order valence-corrected chi connectivity index (χ1v) is 8.63. The van der Waals surface area contributed by atoms with Gasteiger partial charge in [0.05, 0.1) is 21.6 Å². The predicted octanol–water partition coefficient (Wildman–Crippen LogP) is 2.73. The number of rotatable bonds is 3. The molecule has 0 saturated carbocycles. The molecule has 0 bridgehead atoms. The summed E-state index contributed by atoms with van der Waals surface area (Å²) in [5.41, 5.74) is 2.02. The zero-order valence-corrected chi connectivity index (χ0v) is 13.9. The Hall–Kier alpha value is -2.06. The van der Waals surface area contributed by atoms with Crippen molar-refractivity contribution in [3.63, 3.8) is 0 Å². The zero-order valence-electron chi connectivity index (χ0n) is 11.5. The topological polar surface area (TPSA) is 94.8 Å². The summed E-state index contributed by atoms with van der Waals surface area (Å²) in [5, 5.41) is 0. The molecule has 1 heterocycles. The van der Waals surface area contributed by atoms with Crippen LogP contribution < -0.4 is 10.4 Å². The van der Waals surface area contributed by atoms with Crippen LogP contribution in [0.25, 0.3) is 11.0 Å². The number of hydrogen-bond donors (Lipinski definition) is 3. The summed E-state index contributed by atoms with van der Waals surface area (Å²) in [6, 6.07) is 9.71. The Labute approximate surface area is 134 Å². The molecule has 6 nitrogen and oxygen atoms in total. The maximum absolute atomic E-state index is 12.4. The van der Waals surface area contributed by atoms with Crippen molar-refractivity contribution in [3.8, 4) is 0 Å². The summed E-state index contributed by atoms with van der Waals surface area (Å²) in [6.45, 7) is 1.87. The monoisotopic (exact) mass is 381 g/mol. The molecule has 0 atom stereocenters. The maximum Gasteiger partial charge on any atom is 0.323 e. The maximum atomic E-state index is 12.4. The lowest BCUT2D eigenvalue weighted by molar-refractivity contribution is 0.601. The van der Waals surface area contributed by atoms with E-state index >= 15 is 0 Å². The van der Waals surface area contributed by atoms with Gasteiger partial charge in [-0.1, -0.05) is 15.9 Å². The van der Waals surface area contributed by atoms with E-state index in [9.17, 15) is 13.2 Å². The molecule has 0 amide bonds. The molecule has 0 spiro atoms. The van der Waals surface area contributed by atoms with Crippen LogP contribution in [0.5, 0.6) is 0 Å². The number of aromatic amines is 2. The molecule has 22 heavy (non-hydrogen) atoms. The summed E-state index contributed by atoms with van der Waals surface area (Å²) in [5.74, 6) is 0. The molecule has 3 rings (SSSR count). The fourth-order valence-electron chi connectivity index (χ4n) is 2.19. The molecule has 3 N–H and O–H groups in total. The SMILES string of the molecule is Cc1cc(Br)cc(NS(=O)(=O)c2ccc3[nH]c(=O)[nH]c3c2)c1. The van der Waals surface area contributed by atoms with Crippen LogP contribution in [0.1, 0.15) is 5.56 Å². The molecule has 2 aromatic carbocycles. The Kier molecular flexibility index (Phi) is 3.57. The van der Waals surface area contributed by atoms with Crippen LogP contribution in [0.15, 0.2) is 50.6 Å². The number of benzene rings is 2. The van der Waals surface area contributed by atoms with Crippen LogP contribution in [0, 0.1) is 6.92 Å². The van der Waals surface area contributed by atoms with Gasteiger partial charge >= 0.3 is 5.69 Å². The first kappa shape index (κ1) is 14.9. The Morgan fingerprint density at radius 2 is 1.77 bits per heavy atom.